The van der Waals surface area contributed by atoms with Crippen LogP contribution in [-0.2, 0) is 16.0 Å². The zero-order valence-electron chi connectivity index (χ0n) is 20.7. The molecule has 0 spiro atoms. The number of aliphatic carboxylic acids is 1. The van der Waals surface area contributed by atoms with Gasteiger partial charge in [-0.25, -0.2) is 4.79 Å². The fourth-order valence-corrected chi connectivity index (χ4v) is 5.31. The van der Waals surface area contributed by atoms with Crippen LogP contribution >= 0.6 is 0 Å². The first-order valence-electron chi connectivity index (χ1n) is 12.8. The molecular weight excluding hydrogens is 430 g/mol. The van der Waals surface area contributed by atoms with Gasteiger partial charge in [0.1, 0.15) is 11.3 Å². The Kier molecular flexibility index (Phi) is 7.17. The summed E-state index contributed by atoms with van der Waals surface area (Å²) >= 11 is 0. The normalized spacial score (nSPS) is 19.6. The lowest BCUT2D eigenvalue weighted by Gasteiger charge is -2.39. The monoisotopic (exact) mass is 467 g/mol. The Balaban J connectivity index is 1.74. The summed E-state index contributed by atoms with van der Waals surface area (Å²) in [7, 11) is 0. The Bertz CT molecular complexity index is 1090. The van der Waals surface area contributed by atoms with Crippen LogP contribution in [0.3, 0.4) is 0 Å². The minimum absolute atomic E-state index is 0.0317. The lowest BCUT2D eigenvalue weighted by molar-refractivity contribution is -0.140. The summed E-state index contributed by atoms with van der Waals surface area (Å²) in [4.78, 5) is 27.8. The number of carbonyl (C=O) groups excluding carboxylic acids is 1. The molecule has 0 aliphatic heterocycles. The van der Waals surface area contributed by atoms with Crippen LogP contribution < -0.4 is 0 Å². The average Bonchev–Trinajstić information content (AvgIpc) is 3.59. The molecule has 1 aromatic carbocycles. The third-order valence-corrected chi connectivity index (χ3v) is 7.44. The molecule has 2 N–H and O–H groups in total. The van der Waals surface area contributed by atoms with Gasteiger partial charge in [-0.05, 0) is 69.2 Å². The summed E-state index contributed by atoms with van der Waals surface area (Å²) in [5, 5.41) is 21.6. The smallest absolute Gasteiger partial charge is 0.333 e. The lowest BCUT2D eigenvalue weighted by Crippen LogP contribution is -2.51. The quantitative estimate of drug-likeness (QED) is 0.466. The maximum atomic E-state index is 13.7. The van der Waals surface area contributed by atoms with Crippen LogP contribution in [0.15, 0.2) is 28.2 Å². The lowest BCUT2D eigenvalue weighted by atomic mass is 9.87. The molecule has 4 rings (SSSR count). The largest absolute Gasteiger partial charge is 0.478 e. The van der Waals surface area contributed by atoms with Crippen LogP contribution in [0, 0.1) is 11.8 Å². The van der Waals surface area contributed by atoms with Gasteiger partial charge in [0.05, 0.1) is 17.7 Å². The molecule has 6 nitrogen and oxygen atoms in total. The Morgan fingerprint density at radius 1 is 1.21 bits per heavy atom. The molecule has 34 heavy (non-hydrogen) atoms. The van der Waals surface area contributed by atoms with Gasteiger partial charge in [0.25, 0.3) is 0 Å². The van der Waals surface area contributed by atoms with Crippen LogP contribution in [0.1, 0.15) is 89.2 Å². The molecular formula is C28H37NO5. The number of carbonyl (C=O) groups is 2. The van der Waals surface area contributed by atoms with E-state index in [2.05, 4.69) is 6.92 Å². The third kappa shape index (κ3) is 4.65. The Morgan fingerprint density at radius 3 is 2.53 bits per heavy atom. The number of nitrogens with zero attached hydrogens (tertiary/aromatic N) is 1. The summed E-state index contributed by atoms with van der Waals surface area (Å²) < 4.78 is 6.03. The maximum absolute atomic E-state index is 13.7. The second-order valence-corrected chi connectivity index (χ2v) is 10.2. The fourth-order valence-electron chi connectivity index (χ4n) is 5.31. The van der Waals surface area contributed by atoms with Crippen molar-refractivity contribution < 1.29 is 24.2 Å². The summed E-state index contributed by atoms with van der Waals surface area (Å²) in [5.74, 6) is -0.254. The Morgan fingerprint density at radius 2 is 1.94 bits per heavy atom. The zero-order chi connectivity index (χ0) is 24.6. The van der Waals surface area contributed by atoms with E-state index in [1.54, 1.807) is 11.0 Å². The van der Waals surface area contributed by atoms with E-state index in [1.165, 1.54) is 0 Å². The standard InChI is InChI=1S/C28H37NO5/c1-5-7-8-17(6-2)27(31)29(16(3)4)23-14-21-20-13-19(26(30)18-9-10-18)11-12-24(20)34-25(21)15-22(23)28(32)33/h11-13,15-18,23,26,30H,5-10,14H2,1-4H3,(H,32,33)/t17-,23?,26+/m0/s1. The van der Waals surface area contributed by atoms with Gasteiger partial charge in [0.15, 0.2) is 0 Å². The second-order valence-electron chi connectivity index (χ2n) is 10.2. The molecule has 2 aliphatic rings. The number of rotatable bonds is 10. The highest BCUT2D eigenvalue weighted by Gasteiger charge is 2.39. The topological polar surface area (TPSA) is 91.0 Å². The van der Waals surface area contributed by atoms with Gasteiger partial charge in [0, 0.05) is 29.3 Å². The fraction of sp³-hybridized carbons (Fsp3) is 0.571. The highest BCUT2D eigenvalue weighted by molar-refractivity contribution is 5.98. The molecule has 1 fully saturated rings. The maximum Gasteiger partial charge on any atom is 0.333 e. The van der Waals surface area contributed by atoms with E-state index in [0.717, 1.165) is 55.0 Å². The first kappa shape index (κ1) is 24.5. The van der Waals surface area contributed by atoms with Crippen molar-refractivity contribution in [2.45, 2.75) is 90.8 Å². The molecule has 0 bridgehead atoms. The van der Waals surface area contributed by atoms with Crippen LogP contribution in [0.25, 0.3) is 17.0 Å². The molecule has 2 aliphatic carbocycles. The highest BCUT2D eigenvalue weighted by atomic mass is 16.4. The van der Waals surface area contributed by atoms with Crippen molar-refractivity contribution in [3.63, 3.8) is 0 Å². The average molecular weight is 468 g/mol. The Labute approximate surface area is 201 Å². The van der Waals surface area contributed by atoms with Crippen molar-refractivity contribution in [1.82, 2.24) is 4.90 Å². The van der Waals surface area contributed by atoms with Gasteiger partial charge >= 0.3 is 5.97 Å². The molecule has 1 unspecified atom stereocenters. The van der Waals surface area contributed by atoms with Crippen molar-refractivity contribution in [3.8, 4) is 0 Å². The summed E-state index contributed by atoms with van der Waals surface area (Å²) in [6, 6.07) is 5.04. The minimum Gasteiger partial charge on any atom is -0.478 e. The first-order valence-corrected chi connectivity index (χ1v) is 12.8. The molecule has 6 heteroatoms. The summed E-state index contributed by atoms with van der Waals surface area (Å²) in [6.45, 7) is 8.05. The van der Waals surface area contributed by atoms with E-state index in [1.807, 2.05) is 39.0 Å². The number of fused-ring (bicyclic) bond motifs is 3. The van der Waals surface area contributed by atoms with E-state index < -0.39 is 18.1 Å². The second kappa shape index (κ2) is 9.95. The number of aliphatic hydroxyl groups is 1. The molecule has 2 aromatic rings. The molecule has 1 amide bonds. The third-order valence-electron chi connectivity index (χ3n) is 7.44. The van der Waals surface area contributed by atoms with Crippen LogP contribution in [0.5, 0.6) is 0 Å². The van der Waals surface area contributed by atoms with Gasteiger partial charge in [-0.2, -0.15) is 0 Å². The van der Waals surface area contributed by atoms with Gasteiger partial charge in [-0.1, -0.05) is 32.8 Å². The molecule has 0 saturated heterocycles. The van der Waals surface area contributed by atoms with Gasteiger partial charge in [0.2, 0.25) is 5.91 Å². The van der Waals surface area contributed by atoms with Crippen LogP contribution in [0.2, 0.25) is 0 Å². The number of benzene rings is 1. The van der Waals surface area contributed by atoms with Crippen molar-refractivity contribution in [3.05, 3.63) is 40.7 Å². The molecule has 1 aromatic heterocycles. The van der Waals surface area contributed by atoms with Gasteiger partial charge < -0.3 is 19.5 Å². The first-order chi connectivity index (χ1) is 16.3. The Hall–Kier alpha value is -2.60. The SMILES string of the molecule is CCCC[C@H](CC)C(=O)N(C(C)C)C1Cc2c(oc3ccc([C@H](O)C4CC4)cc23)C=C1C(=O)O. The zero-order valence-corrected chi connectivity index (χ0v) is 20.7. The van der Waals surface area contributed by atoms with Crippen molar-refractivity contribution in [2.75, 3.05) is 0 Å². The van der Waals surface area contributed by atoms with Gasteiger partial charge in [-0.15, -0.1) is 0 Å². The van der Waals surface area contributed by atoms with Crippen LogP contribution in [-0.4, -0.2) is 39.1 Å². The molecule has 184 valence electrons. The van der Waals surface area contributed by atoms with E-state index in [0.29, 0.717) is 23.7 Å². The number of amides is 1. The van der Waals surface area contributed by atoms with E-state index in [-0.39, 0.29) is 23.4 Å². The molecule has 3 atom stereocenters. The van der Waals surface area contributed by atoms with Crippen molar-refractivity contribution in [1.29, 1.82) is 0 Å². The van der Waals surface area contributed by atoms with E-state index >= 15 is 0 Å². The predicted octanol–water partition coefficient (Wildman–Crippen LogP) is 5.72. The highest BCUT2D eigenvalue weighted by Crippen LogP contribution is 2.43. The summed E-state index contributed by atoms with van der Waals surface area (Å²) in [6.07, 6.45) is 7.13. The van der Waals surface area contributed by atoms with E-state index in [4.69, 9.17) is 4.42 Å². The van der Waals surface area contributed by atoms with Crippen molar-refractivity contribution >= 4 is 28.9 Å². The number of hydrogen-bond donors (Lipinski definition) is 2. The number of carboxylic acids is 1. The van der Waals surface area contributed by atoms with E-state index in [9.17, 15) is 19.8 Å². The minimum atomic E-state index is -1.03. The summed E-state index contributed by atoms with van der Waals surface area (Å²) in [5.41, 5.74) is 2.65. The molecule has 1 heterocycles. The van der Waals surface area contributed by atoms with Crippen molar-refractivity contribution in [2.24, 2.45) is 11.8 Å². The number of hydrogen-bond acceptors (Lipinski definition) is 4. The predicted molar refractivity (Wildman–Crippen MR) is 132 cm³/mol. The number of carboxylic acid groups (broad SMARTS) is 1. The number of aliphatic hydroxyl groups excluding tert-OH is 1. The number of unbranched alkanes of at least 4 members (excludes halogenated alkanes) is 1. The molecule has 1 saturated carbocycles. The van der Waals surface area contributed by atoms with Gasteiger partial charge in [-0.3, -0.25) is 4.79 Å². The number of furan rings is 1. The molecule has 0 radical (unpaired) electrons. The van der Waals surface area contributed by atoms with Crippen LogP contribution in [0.4, 0.5) is 0 Å².